The number of ether oxygens (including phenoxy) is 2. The summed E-state index contributed by atoms with van der Waals surface area (Å²) in [6.07, 6.45) is 3.89. The van der Waals surface area contributed by atoms with Gasteiger partial charge in [0.1, 0.15) is 17.2 Å². The summed E-state index contributed by atoms with van der Waals surface area (Å²) >= 11 is 4.39. The van der Waals surface area contributed by atoms with Gasteiger partial charge in [0.25, 0.3) is 0 Å². The molecular weight excluding hydrogens is 492 g/mol. The third kappa shape index (κ3) is 4.05. The summed E-state index contributed by atoms with van der Waals surface area (Å²) in [6.45, 7) is 4.23. The molecule has 0 amide bonds. The van der Waals surface area contributed by atoms with Gasteiger partial charge in [0.05, 0.1) is 35.2 Å². The second-order valence-corrected chi connectivity index (χ2v) is 11.6. The molecule has 1 saturated heterocycles. The van der Waals surface area contributed by atoms with E-state index in [4.69, 9.17) is 9.47 Å². The first-order valence-electron chi connectivity index (χ1n) is 12.8. The van der Waals surface area contributed by atoms with Crippen LogP contribution >= 0.6 is 12.6 Å². The van der Waals surface area contributed by atoms with Crippen LogP contribution < -0.4 is 4.74 Å². The first-order valence-corrected chi connectivity index (χ1v) is 13.3. The van der Waals surface area contributed by atoms with Crippen LogP contribution in [0.5, 0.6) is 17.2 Å². The molecule has 3 aliphatic rings. The maximum atomic E-state index is 13.7. The number of Topliss-reactive ketones (excluding diaryl/α,β-unsaturated/α-hetero) is 1. The third-order valence-corrected chi connectivity index (χ3v) is 8.46. The maximum absolute atomic E-state index is 13.7. The van der Waals surface area contributed by atoms with Crippen LogP contribution in [-0.4, -0.2) is 52.6 Å². The van der Waals surface area contributed by atoms with Gasteiger partial charge in [0.15, 0.2) is 11.6 Å². The Morgan fingerprint density at radius 3 is 2.54 bits per heavy atom. The van der Waals surface area contributed by atoms with Crippen LogP contribution in [0.1, 0.15) is 94.8 Å². The Bertz CT molecular complexity index is 1310. The first-order chi connectivity index (χ1) is 17.6. The lowest BCUT2D eigenvalue weighted by atomic mass is 9.62. The fourth-order valence-electron chi connectivity index (χ4n) is 6.55. The van der Waals surface area contributed by atoms with Crippen LogP contribution in [0.3, 0.4) is 0 Å². The fraction of sp³-hybridized carbons (Fsp3) is 0.483. The van der Waals surface area contributed by atoms with Gasteiger partial charge in [-0.05, 0) is 57.4 Å². The van der Waals surface area contributed by atoms with E-state index >= 15 is 0 Å². The standard InChI is InChI=1S/C29H32O7S/c1-14(37)28(34)29(2)12-15(11-16-7-4-5-10-36-16)20-18(13-29)25(31)22-23(26(20)32)27(33)21-17(24(22)30)8-6-9-19(21)35-3/h6,8-9,14-16,31-32,37H,4-5,7,10-13H2,1-3H3/t14?,15-,16+,29-/m0/s1. The van der Waals surface area contributed by atoms with Crippen molar-refractivity contribution in [2.75, 3.05) is 13.7 Å². The molecule has 0 aromatic heterocycles. The minimum atomic E-state index is -0.867. The summed E-state index contributed by atoms with van der Waals surface area (Å²) in [5.41, 5.74) is -0.325. The molecule has 2 aromatic carbocycles. The Kier molecular flexibility index (Phi) is 6.61. The highest BCUT2D eigenvalue weighted by Crippen LogP contribution is 2.55. The zero-order valence-electron chi connectivity index (χ0n) is 21.3. The summed E-state index contributed by atoms with van der Waals surface area (Å²) in [5, 5.41) is 22.7. The van der Waals surface area contributed by atoms with Crippen LogP contribution in [0.4, 0.5) is 0 Å². The summed E-state index contributed by atoms with van der Waals surface area (Å²) in [6, 6.07) is 4.70. The first kappa shape index (κ1) is 25.8. The molecular formula is C29H32O7S. The molecule has 2 aromatic rings. The van der Waals surface area contributed by atoms with E-state index in [1.807, 2.05) is 6.92 Å². The molecule has 0 bridgehead atoms. The van der Waals surface area contributed by atoms with E-state index in [1.165, 1.54) is 13.2 Å². The molecule has 196 valence electrons. The molecule has 8 heteroatoms. The molecule has 7 nitrogen and oxygen atoms in total. The van der Waals surface area contributed by atoms with E-state index in [9.17, 15) is 24.6 Å². The van der Waals surface area contributed by atoms with Crippen molar-refractivity contribution in [3.8, 4) is 17.2 Å². The lowest BCUT2D eigenvalue weighted by Crippen LogP contribution is -2.41. The van der Waals surface area contributed by atoms with E-state index in [0.717, 1.165) is 19.3 Å². The number of phenolic OH excluding ortho intramolecular Hbond substituents is 2. The number of fused-ring (bicyclic) bond motifs is 3. The number of benzene rings is 2. The highest BCUT2D eigenvalue weighted by atomic mass is 32.1. The van der Waals surface area contributed by atoms with Crippen molar-refractivity contribution in [3.05, 3.63) is 51.6 Å². The Morgan fingerprint density at radius 1 is 1.16 bits per heavy atom. The van der Waals surface area contributed by atoms with Crippen molar-refractivity contribution in [2.24, 2.45) is 5.41 Å². The number of thiol groups is 1. The Balaban J connectivity index is 1.72. The van der Waals surface area contributed by atoms with E-state index in [-0.39, 0.29) is 63.7 Å². The van der Waals surface area contributed by atoms with Gasteiger partial charge in [-0.15, -0.1) is 0 Å². The Labute approximate surface area is 221 Å². The van der Waals surface area contributed by atoms with Gasteiger partial charge in [-0.2, -0.15) is 12.6 Å². The lowest BCUT2D eigenvalue weighted by Gasteiger charge is -2.42. The van der Waals surface area contributed by atoms with E-state index < -0.39 is 22.2 Å². The molecule has 0 spiro atoms. The zero-order valence-corrected chi connectivity index (χ0v) is 22.2. The van der Waals surface area contributed by atoms with Crippen LogP contribution in [0.15, 0.2) is 18.2 Å². The largest absolute Gasteiger partial charge is 0.507 e. The minimum absolute atomic E-state index is 0.0618. The zero-order chi connectivity index (χ0) is 26.6. The van der Waals surface area contributed by atoms with Crippen LogP contribution in [0, 0.1) is 5.41 Å². The molecule has 1 fully saturated rings. The van der Waals surface area contributed by atoms with Crippen molar-refractivity contribution in [2.45, 2.75) is 69.6 Å². The second kappa shape index (κ2) is 9.48. The molecule has 37 heavy (non-hydrogen) atoms. The number of ketones is 3. The average molecular weight is 525 g/mol. The number of aromatic hydroxyl groups is 2. The van der Waals surface area contributed by atoms with Crippen LogP contribution in [0.2, 0.25) is 0 Å². The van der Waals surface area contributed by atoms with Crippen molar-refractivity contribution < 1.29 is 34.1 Å². The van der Waals surface area contributed by atoms with E-state index in [1.54, 1.807) is 19.1 Å². The third-order valence-electron chi connectivity index (χ3n) is 8.23. The number of rotatable bonds is 5. The Hall–Kier alpha value is -2.84. The fourth-order valence-corrected chi connectivity index (χ4v) is 6.86. The highest BCUT2D eigenvalue weighted by molar-refractivity contribution is 7.81. The molecule has 0 radical (unpaired) electrons. The van der Waals surface area contributed by atoms with Crippen molar-refractivity contribution in [3.63, 3.8) is 0 Å². The molecule has 4 atom stereocenters. The number of hydrogen-bond donors (Lipinski definition) is 3. The van der Waals surface area contributed by atoms with Gasteiger partial charge in [-0.3, -0.25) is 14.4 Å². The van der Waals surface area contributed by atoms with Crippen LogP contribution in [0.25, 0.3) is 0 Å². The normalized spacial score (nSPS) is 25.6. The topological polar surface area (TPSA) is 110 Å². The van der Waals surface area contributed by atoms with Gasteiger partial charge >= 0.3 is 0 Å². The summed E-state index contributed by atoms with van der Waals surface area (Å²) in [4.78, 5) is 40.6. The average Bonchev–Trinajstić information content (AvgIpc) is 2.88. The lowest BCUT2D eigenvalue weighted by molar-refractivity contribution is -0.128. The number of carbonyl (C=O) groups excluding carboxylic acids is 3. The van der Waals surface area contributed by atoms with Gasteiger partial charge < -0.3 is 19.7 Å². The maximum Gasteiger partial charge on any atom is 0.202 e. The van der Waals surface area contributed by atoms with Crippen molar-refractivity contribution in [1.29, 1.82) is 0 Å². The van der Waals surface area contributed by atoms with Gasteiger partial charge in [0.2, 0.25) is 5.78 Å². The minimum Gasteiger partial charge on any atom is -0.507 e. The van der Waals surface area contributed by atoms with Crippen LogP contribution in [-0.2, 0) is 16.0 Å². The molecule has 2 N–H and O–H groups in total. The predicted octanol–water partition coefficient (Wildman–Crippen LogP) is 4.76. The number of carbonyl (C=O) groups is 3. The van der Waals surface area contributed by atoms with Gasteiger partial charge in [0, 0.05) is 28.7 Å². The summed E-state index contributed by atoms with van der Waals surface area (Å²) < 4.78 is 11.3. The van der Waals surface area contributed by atoms with E-state index in [0.29, 0.717) is 30.6 Å². The summed E-state index contributed by atoms with van der Waals surface area (Å²) in [7, 11) is 1.41. The predicted molar refractivity (Wildman–Crippen MR) is 140 cm³/mol. The number of hydrogen-bond acceptors (Lipinski definition) is 8. The molecule has 1 heterocycles. The molecule has 1 unspecified atom stereocenters. The van der Waals surface area contributed by atoms with E-state index in [2.05, 4.69) is 12.6 Å². The molecule has 5 rings (SSSR count). The van der Waals surface area contributed by atoms with Gasteiger partial charge in [-0.25, -0.2) is 0 Å². The molecule has 2 aliphatic carbocycles. The number of methoxy groups -OCH3 is 1. The quantitative estimate of drug-likeness (QED) is 0.326. The Morgan fingerprint density at radius 2 is 1.89 bits per heavy atom. The number of phenols is 2. The van der Waals surface area contributed by atoms with Crippen molar-refractivity contribution >= 4 is 30.0 Å². The van der Waals surface area contributed by atoms with Gasteiger partial charge in [-0.1, -0.05) is 19.1 Å². The second-order valence-electron chi connectivity index (χ2n) is 10.8. The summed E-state index contributed by atoms with van der Waals surface area (Å²) in [5.74, 6) is -1.96. The monoisotopic (exact) mass is 524 g/mol. The molecule has 0 saturated carbocycles. The smallest absolute Gasteiger partial charge is 0.202 e. The van der Waals surface area contributed by atoms with Crippen molar-refractivity contribution in [1.82, 2.24) is 0 Å². The highest BCUT2D eigenvalue weighted by Gasteiger charge is 2.48. The molecule has 1 aliphatic heterocycles. The SMILES string of the molecule is COc1cccc2c1C(=O)c1c(O)c3c(c(O)c1C2=O)C[C@@](C)(C(=O)C(C)S)C[C@@H]3C[C@H]1CCCCO1.